The van der Waals surface area contributed by atoms with Crippen molar-refractivity contribution in [3.8, 4) is 0 Å². The van der Waals surface area contributed by atoms with Gasteiger partial charge >= 0.3 is 0 Å². The van der Waals surface area contributed by atoms with E-state index < -0.39 is 9.84 Å². The number of benzene rings is 2. The van der Waals surface area contributed by atoms with Gasteiger partial charge in [0.1, 0.15) is 0 Å². The standard InChI is InChI=1S/C15H14Cl2N2O3S/c1-23(21,22)12-5-2-10(3-6-12)19-15(20)9-18-11-4-7-13(16)14(17)8-11/h2-8,18H,9H2,1H3,(H,19,20). The Morgan fingerprint density at radius 3 is 2.17 bits per heavy atom. The Balaban J connectivity index is 1.93. The molecule has 0 aliphatic carbocycles. The molecule has 1 amide bonds. The van der Waals surface area contributed by atoms with Gasteiger partial charge in [-0.2, -0.15) is 0 Å². The predicted octanol–water partition coefficient (Wildman–Crippen LogP) is 3.45. The fourth-order valence-electron chi connectivity index (χ4n) is 1.78. The normalized spacial score (nSPS) is 11.1. The van der Waals surface area contributed by atoms with Gasteiger partial charge in [-0.05, 0) is 42.5 Å². The van der Waals surface area contributed by atoms with E-state index >= 15 is 0 Å². The Morgan fingerprint density at radius 1 is 1.00 bits per heavy atom. The molecule has 0 radical (unpaired) electrons. The summed E-state index contributed by atoms with van der Waals surface area (Å²) in [5.41, 5.74) is 1.18. The quantitative estimate of drug-likeness (QED) is 0.842. The molecule has 0 fully saturated rings. The van der Waals surface area contributed by atoms with Crippen LogP contribution in [0.15, 0.2) is 47.4 Å². The summed E-state index contributed by atoms with van der Waals surface area (Å²) >= 11 is 11.7. The molecule has 0 spiro atoms. The average molecular weight is 373 g/mol. The van der Waals surface area contributed by atoms with Crippen molar-refractivity contribution in [2.75, 3.05) is 23.4 Å². The fourth-order valence-corrected chi connectivity index (χ4v) is 2.71. The van der Waals surface area contributed by atoms with Crippen molar-refractivity contribution in [1.82, 2.24) is 0 Å². The minimum Gasteiger partial charge on any atom is -0.376 e. The van der Waals surface area contributed by atoms with Crippen LogP contribution in [0.5, 0.6) is 0 Å². The maximum Gasteiger partial charge on any atom is 0.243 e. The van der Waals surface area contributed by atoms with Crippen molar-refractivity contribution in [1.29, 1.82) is 0 Å². The molecular formula is C15H14Cl2N2O3S. The summed E-state index contributed by atoms with van der Waals surface area (Å²) in [7, 11) is -3.25. The molecule has 0 atom stereocenters. The third-order valence-corrected chi connectivity index (χ3v) is 4.81. The zero-order chi connectivity index (χ0) is 17.0. The van der Waals surface area contributed by atoms with E-state index in [2.05, 4.69) is 10.6 Å². The van der Waals surface area contributed by atoms with E-state index in [0.29, 0.717) is 21.4 Å². The van der Waals surface area contributed by atoms with Gasteiger partial charge in [0, 0.05) is 17.6 Å². The lowest BCUT2D eigenvalue weighted by molar-refractivity contribution is -0.114. The molecule has 0 aliphatic rings. The van der Waals surface area contributed by atoms with E-state index in [1.165, 1.54) is 24.3 Å². The monoisotopic (exact) mass is 372 g/mol. The van der Waals surface area contributed by atoms with Crippen LogP contribution in [0.4, 0.5) is 11.4 Å². The van der Waals surface area contributed by atoms with Crippen LogP contribution in [-0.2, 0) is 14.6 Å². The molecule has 0 aromatic heterocycles. The second-order valence-corrected chi connectivity index (χ2v) is 7.66. The second kappa shape index (κ2) is 7.21. The summed E-state index contributed by atoms with van der Waals surface area (Å²) in [5, 5.41) is 6.41. The lowest BCUT2D eigenvalue weighted by atomic mass is 10.3. The maximum atomic E-state index is 11.9. The van der Waals surface area contributed by atoms with Crippen LogP contribution in [0.2, 0.25) is 10.0 Å². The van der Waals surface area contributed by atoms with Gasteiger partial charge in [0.2, 0.25) is 5.91 Å². The van der Waals surface area contributed by atoms with E-state index in [-0.39, 0.29) is 17.3 Å². The predicted molar refractivity (Wildman–Crippen MR) is 93.1 cm³/mol. The molecule has 0 unspecified atom stereocenters. The van der Waals surface area contributed by atoms with E-state index in [4.69, 9.17) is 23.2 Å². The van der Waals surface area contributed by atoms with Crippen LogP contribution in [0.25, 0.3) is 0 Å². The highest BCUT2D eigenvalue weighted by Gasteiger charge is 2.08. The molecule has 0 saturated heterocycles. The number of hydrogen-bond acceptors (Lipinski definition) is 4. The van der Waals surface area contributed by atoms with E-state index in [9.17, 15) is 13.2 Å². The highest BCUT2D eigenvalue weighted by molar-refractivity contribution is 7.90. The molecule has 2 N–H and O–H groups in total. The molecule has 122 valence electrons. The molecule has 8 heteroatoms. The first-order chi connectivity index (χ1) is 10.8. The SMILES string of the molecule is CS(=O)(=O)c1ccc(NC(=O)CNc2ccc(Cl)c(Cl)c2)cc1. The van der Waals surface area contributed by atoms with Crippen molar-refractivity contribution in [3.05, 3.63) is 52.5 Å². The van der Waals surface area contributed by atoms with Crippen LogP contribution in [0, 0.1) is 0 Å². The molecular weight excluding hydrogens is 359 g/mol. The van der Waals surface area contributed by atoms with Crippen molar-refractivity contribution < 1.29 is 13.2 Å². The van der Waals surface area contributed by atoms with E-state index in [0.717, 1.165) is 6.26 Å². The largest absolute Gasteiger partial charge is 0.376 e. The van der Waals surface area contributed by atoms with Crippen molar-refractivity contribution in [2.45, 2.75) is 4.90 Å². The summed E-state index contributed by atoms with van der Waals surface area (Å²) in [6, 6.07) is 10.9. The van der Waals surface area contributed by atoms with Crippen molar-refractivity contribution in [2.24, 2.45) is 0 Å². The first-order valence-corrected chi connectivity index (χ1v) is 9.19. The van der Waals surface area contributed by atoms with Crippen molar-refractivity contribution >= 4 is 50.3 Å². The zero-order valence-corrected chi connectivity index (χ0v) is 14.5. The Bertz CT molecular complexity index is 821. The summed E-state index contributed by atoms with van der Waals surface area (Å²) in [4.78, 5) is 12.1. The molecule has 2 aromatic rings. The number of carbonyl (C=O) groups excluding carboxylic acids is 1. The first kappa shape index (κ1) is 17.6. The van der Waals surface area contributed by atoms with Crippen molar-refractivity contribution in [3.63, 3.8) is 0 Å². The highest BCUT2D eigenvalue weighted by atomic mass is 35.5. The topological polar surface area (TPSA) is 75.3 Å². The van der Waals surface area contributed by atoms with Crippen LogP contribution in [0.1, 0.15) is 0 Å². The first-order valence-electron chi connectivity index (χ1n) is 6.54. The zero-order valence-electron chi connectivity index (χ0n) is 12.1. The lowest BCUT2D eigenvalue weighted by Crippen LogP contribution is -2.21. The number of sulfone groups is 1. The smallest absolute Gasteiger partial charge is 0.243 e. The molecule has 0 heterocycles. The number of rotatable bonds is 5. The lowest BCUT2D eigenvalue weighted by Gasteiger charge is -2.09. The van der Waals surface area contributed by atoms with Crippen LogP contribution in [0.3, 0.4) is 0 Å². The number of halogens is 2. The van der Waals surface area contributed by atoms with Crippen LogP contribution < -0.4 is 10.6 Å². The molecule has 5 nitrogen and oxygen atoms in total. The van der Waals surface area contributed by atoms with E-state index in [1.54, 1.807) is 18.2 Å². The highest BCUT2D eigenvalue weighted by Crippen LogP contribution is 2.24. The number of anilines is 2. The average Bonchev–Trinajstić information content (AvgIpc) is 2.48. The number of nitrogens with one attached hydrogen (secondary N) is 2. The van der Waals surface area contributed by atoms with Crippen LogP contribution in [-0.4, -0.2) is 27.1 Å². The third-order valence-electron chi connectivity index (χ3n) is 2.94. The Labute approximate surface area is 144 Å². The van der Waals surface area contributed by atoms with Gasteiger partial charge in [-0.1, -0.05) is 23.2 Å². The van der Waals surface area contributed by atoms with E-state index in [1.807, 2.05) is 0 Å². The summed E-state index contributed by atoms with van der Waals surface area (Å²) < 4.78 is 22.7. The molecule has 0 bridgehead atoms. The molecule has 2 rings (SSSR count). The van der Waals surface area contributed by atoms with Gasteiger partial charge < -0.3 is 10.6 Å². The number of amides is 1. The third kappa shape index (κ3) is 5.13. The molecule has 2 aromatic carbocycles. The fraction of sp³-hybridized carbons (Fsp3) is 0.133. The van der Waals surface area contributed by atoms with Gasteiger partial charge in [0.15, 0.2) is 9.84 Å². The van der Waals surface area contributed by atoms with Gasteiger partial charge in [0.05, 0.1) is 21.5 Å². The number of hydrogen-bond donors (Lipinski definition) is 2. The minimum absolute atomic E-state index is 0.0335. The molecule has 0 aliphatic heterocycles. The summed E-state index contributed by atoms with van der Waals surface area (Å²) in [5.74, 6) is -0.275. The molecule has 23 heavy (non-hydrogen) atoms. The minimum atomic E-state index is -3.25. The second-order valence-electron chi connectivity index (χ2n) is 4.83. The maximum absolute atomic E-state index is 11.9. The Hall–Kier alpha value is -1.76. The summed E-state index contributed by atoms with van der Waals surface area (Å²) in [6.45, 7) is 0.0335. The summed E-state index contributed by atoms with van der Waals surface area (Å²) in [6.07, 6.45) is 1.13. The van der Waals surface area contributed by atoms with Gasteiger partial charge in [0.25, 0.3) is 0 Å². The Morgan fingerprint density at radius 2 is 1.61 bits per heavy atom. The van der Waals surface area contributed by atoms with Crippen LogP contribution >= 0.6 is 23.2 Å². The van der Waals surface area contributed by atoms with Gasteiger partial charge in [-0.15, -0.1) is 0 Å². The Kier molecular flexibility index (Phi) is 5.51. The van der Waals surface area contributed by atoms with Gasteiger partial charge in [-0.25, -0.2) is 8.42 Å². The molecule has 0 saturated carbocycles. The number of carbonyl (C=O) groups is 1. The van der Waals surface area contributed by atoms with Gasteiger partial charge in [-0.3, -0.25) is 4.79 Å².